The van der Waals surface area contributed by atoms with E-state index in [0.717, 1.165) is 11.1 Å². The van der Waals surface area contributed by atoms with E-state index in [1.807, 2.05) is 12.1 Å². The highest BCUT2D eigenvalue weighted by molar-refractivity contribution is 7.89. The van der Waals surface area contributed by atoms with Gasteiger partial charge in [0.2, 0.25) is 10.0 Å². The van der Waals surface area contributed by atoms with Gasteiger partial charge in [-0.1, -0.05) is 49.7 Å². The third-order valence-corrected chi connectivity index (χ3v) is 6.44. The Morgan fingerprint density at radius 1 is 1.07 bits per heavy atom. The first-order chi connectivity index (χ1) is 13.2. The van der Waals surface area contributed by atoms with Crippen molar-refractivity contribution in [2.75, 3.05) is 13.2 Å². The molecule has 0 spiro atoms. The van der Waals surface area contributed by atoms with Gasteiger partial charge in [-0.2, -0.15) is 4.31 Å². The average Bonchev–Trinajstić information content (AvgIpc) is 2.66. The van der Waals surface area contributed by atoms with Gasteiger partial charge in [-0.05, 0) is 48.2 Å². The molecule has 0 bridgehead atoms. The lowest BCUT2D eigenvalue weighted by molar-refractivity contribution is -0.143. The second-order valence-corrected chi connectivity index (χ2v) is 9.12. The number of sulfonamides is 1. The maximum Gasteiger partial charge on any atom is 0.307 e. The summed E-state index contributed by atoms with van der Waals surface area (Å²) in [4.78, 5) is 12.0. The molecule has 7 heteroatoms. The van der Waals surface area contributed by atoms with Crippen molar-refractivity contribution >= 4 is 27.6 Å². The van der Waals surface area contributed by atoms with Crippen molar-refractivity contribution in [3.8, 4) is 0 Å². The molecule has 0 heterocycles. The minimum atomic E-state index is -3.77. The van der Waals surface area contributed by atoms with Crippen LogP contribution in [0.1, 0.15) is 44.2 Å². The number of hydrogen-bond acceptors (Lipinski definition) is 4. The highest BCUT2D eigenvalue weighted by Gasteiger charge is 2.25. The molecule has 0 aliphatic heterocycles. The number of esters is 1. The van der Waals surface area contributed by atoms with Crippen LogP contribution in [0, 0.1) is 0 Å². The van der Waals surface area contributed by atoms with E-state index in [0.29, 0.717) is 10.9 Å². The lowest BCUT2D eigenvalue weighted by atomic mass is 10.0. The van der Waals surface area contributed by atoms with Crippen LogP contribution in [0.15, 0.2) is 53.4 Å². The molecular weight excluding hydrogens is 398 g/mol. The first-order valence-corrected chi connectivity index (χ1v) is 11.1. The largest absolute Gasteiger partial charge is 0.466 e. The van der Waals surface area contributed by atoms with Crippen LogP contribution in [-0.2, 0) is 26.1 Å². The molecule has 0 aromatic heterocycles. The summed E-state index contributed by atoms with van der Waals surface area (Å²) >= 11 is 5.92. The molecule has 0 atom stereocenters. The maximum absolute atomic E-state index is 13.2. The Balaban J connectivity index is 2.28. The van der Waals surface area contributed by atoms with Crippen molar-refractivity contribution in [3.63, 3.8) is 0 Å². The maximum atomic E-state index is 13.2. The van der Waals surface area contributed by atoms with Crippen molar-refractivity contribution in [2.45, 2.75) is 44.6 Å². The van der Waals surface area contributed by atoms with Gasteiger partial charge in [0.25, 0.3) is 0 Å². The standard InChI is InChI=1S/C21H26ClNO4S/c1-4-27-21(24)13-14-23(15-17-5-9-19(22)10-6-17)28(25,26)20-11-7-18(8-12-20)16(2)3/h5-12,16H,4,13-15H2,1-3H3. The average molecular weight is 424 g/mol. The zero-order valence-corrected chi connectivity index (χ0v) is 18.0. The lowest BCUT2D eigenvalue weighted by Gasteiger charge is -2.22. The Morgan fingerprint density at radius 3 is 2.21 bits per heavy atom. The fourth-order valence-electron chi connectivity index (χ4n) is 2.70. The molecule has 152 valence electrons. The molecule has 2 aromatic carbocycles. The second-order valence-electron chi connectivity index (χ2n) is 6.74. The van der Waals surface area contributed by atoms with E-state index in [1.54, 1.807) is 43.3 Å². The summed E-state index contributed by atoms with van der Waals surface area (Å²) in [5, 5.41) is 0.578. The fraction of sp³-hybridized carbons (Fsp3) is 0.381. The van der Waals surface area contributed by atoms with Gasteiger partial charge in [0, 0.05) is 18.1 Å². The molecule has 0 unspecified atom stereocenters. The molecule has 0 saturated heterocycles. The Morgan fingerprint density at radius 2 is 1.68 bits per heavy atom. The van der Waals surface area contributed by atoms with Crippen molar-refractivity contribution in [3.05, 3.63) is 64.7 Å². The predicted octanol–water partition coefficient (Wildman–Crippen LogP) is 4.61. The first kappa shape index (κ1) is 22.4. The summed E-state index contributed by atoms with van der Waals surface area (Å²) in [5.41, 5.74) is 1.85. The van der Waals surface area contributed by atoms with Crippen LogP contribution in [-0.4, -0.2) is 31.8 Å². The van der Waals surface area contributed by atoms with E-state index >= 15 is 0 Å². The molecule has 2 rings (SSSR count). The topological polar surface area (TPSA) is 63.7 Å². The number of rotatable bonds is 9. The molecule has 0 fully saturated rings. The van der Waals surface area contributed by atoms with Crippen LogP contribution < -0.4 is 0 Å². The van der Waals surface area contributed by atoms with Crippen molar-refractivity contribution in [2.24, 2.45) is 0 Å². The number of ether oxygens (including phenoxy) is 1. The molecule has 28 heavy (non-hydrogen) atoms. The van der Waals surface area contributed by atoms with Crippen molar-refractivity contribution < 1.29 is 17.9 Å². The number of carbonyl (C=O) groups excluding carboxylic acids is 1. The normalized spacial score (nSPS) is 11.8. The van der Waals surface area contributed by atoms with Crippen LogP contribution in [0.3, 0.4) is 0 Å². The monoisotopic (exact) mass is 423 g/mol. The minimum absolute atomic E-state index is 0.00919. The summed E-state index contributed by atoms with van der Waals surface area (Å²) in [7, 11) is -3.77. The van der Waals surface area contributed by atoms with Crippen molar-refractivity contribution in [1.82, 2.24) is 4.31 Å². The fourth-order valence-corrected chi connectivity index (χ4v) is 4.26. The van der Waals surface area contributed by atoms with Crippen LogP contribution in [0.4, 0.5) is 0 Å². The highest BCUT2D eigenvalue weighted by atomic mass is 35.5. The molecule has 0 radical (unpaired) electrons. The Labute approximate surface area is 172 Å². The number of hydrogen-bond donors (Lipinski definition) is 0. The SMILES string of the molecule is CCOC(=O)CCN(Cc1ccc(Cl)cc1)S(=O)(=O)c1ccc(C(C)C)cc1. The van der Waals surface area contributed by atoms with Gasteiger partial charge in [-0.15, -0.1) is 0 Å². The van der Waals surface area contributed by atoms with E-state index < -0.39 is 16.0 Å². The van der Waals surface area contributed by atoms with Crippen molar-refractivity contribution in [1.29, 1.82) is 0 Å². The molecule has 5 nitrogen and oxygen atoms in total. The minimum Gasteiger partial charge on any atom is -0.466 e. The molecular formula is C21H26ClNO4S. The number of nitrogens with zero attached hydrogens (tertiary/aromatic N) is 1. The van der Waals surface area contributed by atoms with Crippen LogP contribution in [0.25, 0.3) is 0 Å². The third kappa shape index (κ3) is 6.06. The quantitative estimate of drug-likeness (QED) is 0.552. The van der Waals surface area contributed by atoms with E-state index in [4.69, 9.17) is 16.3 Å². The lowest BCUT2D eigenvalue weighted by Crippen LogP contribution is -2.33. The second kappa shape index (κ2) is 10.0. The zero-order valence-electron chi connectivity index (χ0n) is 16.4. The summed E-state index contributed by atoms with van der Waals surface area (Å²) in [6, 6.07) is 13.9. The Kier molecular flexibility index (Phi) is 8.04. The Bertz CT molecular complexity index is 878. The van der Waals surface area contributed by atoms with Gasteiger partial charge in [-0.3, -0.25) is 4.79 Å². The number of carbonyl (C=O) groups is 1. The van der Waals surface area contributed by atoms with Crippen LogP contribution in [0.2, 0.25) is 5.02 Å². The van der Waals surface area contributed by atoms with Gasteiger partial charge in [0.1, 0.15) is 0 Å². The van der Waals surface area contributed by atoms with E-state index in [-0.39, 0.29) is 31.0 Å². The molecule has 0 N–H and O–H groups in total. The highest BCUT2D eigenvalue weighted by Crippen LogP contribution is 2.22. The van der Waals surface area contributed by atoms with Crippen LogP contribution >= 0.6 is 11.6 Å². The smallest absolute Gasteiger partial charge is 0.307 e. The van der Waals surface area contributed by atoms with Gasteiger partial charge >= 0.3 is 5.97 Å². The summed E-state index contributed by atoms with van der Waals surface area (Å²) in [6.45, 7) is 6.27. The molecule has 2 aromatic rings. The first-order valence-electron chi connectivity index (χ1n) is 9.24. The van der Waals surface area contributed by atoms with Gasteiger partial charge in [-0.25, -0.2) is 8.42 Å². The number of benzene rings is 2. The summed E-state index contributed by atoms with van der Waals surface area (Å²) < 4.78 is 32.6. The third-order valence-electron chi connectivity index (χ3n) is 4.33. The van der Waals surface area contributed by atoms with E-state index in [1.165, 1.54) is 4.31 Å². The Hall–Kier alpha value is -1.89. The molecule has 0 aliphatic carbocycles. The van der Waals surface area contributed by atoms with Gasteiger partial charge in [0.05, 0.1) is 17.9 Å². The van der Waals surface area contributed by atoms with E-state index in [2.05, 4.69) is 13.8 Å². The van der Waals surface area contributed by atoms with E-state index in [9.17, 15) is 13.2 Å². The molecule has 0 amide bonds. The van der Waals surface area contributed by atoms with Crippen LogP contribution in [0.5, 0.6) is 0 Å². The predicted molar refractivity (Wildman–Crippen MR) is 111 cm³/mol. The number of halogens is 1. The van der Waals surface area contributed by atoms with Gasteiger partial charge in [0.15, 0.2) is 0 Å². The molecule has 0 aliphatic rings. The summed E-state index contributed by atoms with van der Waals surface area (Å²) in [6.07, 6.45) is -0.00919. The summed E-state index contributed by atoms with van der Waals surface area (Å²) in [5.74, 6) is -0.111. The zero-order chi connectivity index (χ0) is 20.7. The molecule has 0 saturated carbocycles. The van der Waals surface area contributed by atoms with Gasteiger partial charge < -0.3 is 4.74 Å².